The van der Waals surface area contributed by atoms with Crippen LogP contribution in [0.4, 0.5) is 0 Å². The largest absolute Gasteiger partial charge is 0.335 e. The van der Waals surface area contributed by atoms with Crippen LogP contribution in [-0.2, 0) is 10.0 Å². The van der Waals surface area contributed by atoms with E-state index in [2.05, 4.69) is 10.8 Å². The normalized spacial score (nSPS) is 22.9. The molecule has 6 heteroatoms. The molecule has 1 saturated carbocycles. The smallest absolute Gasteiger partial charge is 0.254 e. The van der Waals surface area contributed by atoms with Gasteiger partial charge in [0, 0.05) is 25.2 Å². The number of piperidine rings is 1. The van der Waals surface area contributed by atoms with E-state index >= 15 is 0 Å². The van der Waals surface area contributed by atoms with E-state index in [1.54, 1.807) is 25.1 Å². The lowest BCUT2D eigenvalue weighted by atomic mass is 9.82. The minimum atomic E-state index is -3.58. The summed E-state index contributed by atoms with van der Waals surface area (Å²) in [5, 5.41) is 0. The zero-order valence-electron chi connectivity index (χ0n) is 15.9. The molecule has 1 aliphatic heterocycles. The predicted octanol–water partition coefficient (Wildman–Crippen LogP) is 3.26. The molecule has 0 bridgehead atoms. The molecule has 0 aromatic heterocycles. The van der Waals surface area contributed by atoms with Gasteiger partial charge in [0.1, 0.15) is 0 Å². The summed E-state index contributed by atoms with van der Waals surface area (Å²) in [6.07, 6.45) is 9.06. The highest BCUT2D eigenvalue weighted by Gasteiger charge is 2.30. The highest BCUT2D eigenvalue weighted by Crippen LogP contribution is 2.33. The molecule has 2 fully saturated rings. The number of nitrogens with one attached hydrogen (secondary N) is 1. The first-order valence-electron chi connectivity index (χ1n) is 10.0. The van der Waals surface area contributed by atoms with Crippen molar-refractivity contribution in [3.05, 3.63) is 41.0 Å². The van der Waals surface area contributed by atoms with Crippen molar-refractivity contribution in [3.63, 3.8) is 0 Å². The molecular weight excluding hydrogens is 360 g/mol. The summed E-state index contributed by atoms with van der Waals surface area (Å²) < 4.78 is 28.1. The van der Waals surface area contributed by atoms with Gasteiger partial charge in [0.2, 0.25) is 10.0 Å². The third-order valence-electron chi connectivity index (χ3n) is 6.08. The molecule has 1 heterocycles. The van der Waals surface area contributed by atoms with Gasteiger partial charge in [-0.2, -0.15) is 0 Å². The molecule has 1 aromatic rings. The SMILES string of the molecule is Cc1ccc(C(=O)N2CCC3CCCC=C3C2)cc1S(=O)(=O)NCC1CC1. The molecule has 1 amide bonds. The molecule has 0 radical (unpaired) electrons. The molecule has 1 saturated heterocycles. The van der Waals surface area contributed by atoms with Crippen LogP contribution < -0.4 is 4.72 Å². The standard InChI is InChI=1S/C21H28N2O3S/c1-15-6-9-18(12-20(15)27(25,26)22-13-16-7-8-16)21(24)23-11-10-17-4-2-3-5-19(17)14-23/h5-6,9,12,16-17,22H,2-4,7-8,10-11,13-14H2,1H3. The van der Waals surface area contributed by atoms with Crippen LogP contribution in [0.1, 0.15) is 54.4 Å². The Morgan fingerprint density at radius 3 is 2.81 bits per heavy atom. The molecule has 1 unspecified atom stereocenters. The van der Waals surface area contributed by atoms with Crippen LogP contribution in [0.2, 0.25) is 0 Å². The maximum atomic E-state index is 13.0. The summed E-state index contributed by atoms with van der Waals surface area (Å²) in [7, 11) is -3.58. The Hall–Kier alpha value is -1.66. The Morgan fingerprint density at radius 2 is 2.04 bits per heavy atom. The van der Waals surface area contributed by atoms with Crippen molar-refractivity contribution < 1.29 is 13.2 Å². The summed E-state index contributed by atoms with van der Waals surface area (Å²) in [4.78, 5) is 15.1. The van der Waals surface area contributed by atoms with Gasteiger partial charge in [0.15, 0.2) is 0 Å². The molecule has 0 spiro atoms. The Morgan fingerprint density at radius 1 is 1.22 bits per heavy atom. The molecule has 1 aromatic carbocycles. The molecular formula is C21H28N2O3S. The van der Waals surface area contributed by atoms with Crippen molar-refractivity contribution in [2.75, 3.05) is 19.6 Å². The second-order valence-corrected chi connectivity index (χ2v) is 9.93. The lowest BCUT2D eigenvalue weighted by molar-refractivity contribution is 0.0730. The van der Waals surface area contributed by atoms with Gasteiger partial charge in [-0.1, -0.05) is 17.7 Å². The second kappa shape index (κ2) is 7.40. The van der Waals surface area contributed by atoms with E-state index < -0.39 is 10.0 Å². The maximum absolute atomic E-state index is 13.0. The fraction of sp³-hybridized carbons (Fsp3) is 0.571. The maximum Gasteiger partial charge on any atom is 0.254 e. The number of carbonyl (C=O) groups is 1. The number of amides is 1. The molecule has 146 valence electrons. The van der Waals surface area contributed by atoms with Gasteiger partial charge in [-0.05, 0) is 75.0 Å². The molecule has 1 atom stereocenters. The van der Waals surface area contributed by atoms with E-state index in [4.69, 9.17) is 0 Å². The number of hydrogen-bond donors (Lipinski definition) is 1. The van der Waals surface area contributed by atoms with Crippen LogP contribution >= 0.6 is 0 Å². The zero-order valence-corrected chi connectivity index (χ0v) is 16.7. The van der Waals surface area contributed by atoms with Crippen LogP contribution in [0.5, 0.6) is 0 Å². The lowest BCUT2D eigenvalue weighted by Gasteiger charge is -2.36. The number of likely N-dealkylation sites (tertiary alicyclic amines) is 1. The van der Waals surface area contributed by atoms with E-state index in [9.17, 15) is 13.2 Å². The highest BCUT2D eigenvalue weighted by atomic mass is 32.2. The monoisotopic (exact) mass is 388 g/mol. The fourth-order valence-corrected chi connectivity index (χ4v) is 5.53. The summed E-state index contributed by atoms with van der Waals surface area (Å²) in [5.74, 6) is 1.02. The van der Waals surface area contributed by atoms with Crippen LogP contribution in [0.3, 0.4) is 0 Å². The minimum Gasteiger partial charge on any atom is -0.335 e. The molecule has 27 heavy (non-hydrogen) atoms. The summed E-state index contributed by atoms with van der Waals surface area (Å²) in [6, 6.07) is 5.04. The van der Waals surface area contributed by atoms with Crippen LogP contribution in [-0.4, -0.2) is 38.9 Å². The van der Waals surface area contributed by atoms with Gasteiger partial charge in [-0.15, -0.1) is 0 Å². The quantitative estimate of drug-likeness (QED) is 0.788. The van der Waals surface area contributed by atoms with Crippen molar-refractivity contribution in [1.29, 1.82) is 0 Å². The van der Waals surface area contributed by atoms with Crippen molar-refractivity contribution in [3.8, 4) is 0 Å². The number of carbonyl (C=O) groups excluding carboxylic acids is 1. The summed E-state index contributed by atoms with van der Waals surface area (Å²) in [6.45, 7) is 3.69. The topological polar surface area (TPSA) is 66.5 Å². The zero-order chi connectivity index (χ0) is 19.0. The Labute approximate surface area is 161 Å². The van der Waals surface area contributed by atoms with Crippen molar-refractivity contribution in [2.24, 2.45) is 11.8 Å². The number of benzene rings is 1. The Bertz CT molecular complexity index is 871. The van der Waals surface area contributed by atoms with Gasteiger partial charge < -0.3 is 4.90 Å². The molecule has 1 N–H and O–H groups in total. The number of fused-ring (bicyclic) bond motifs is 1. The minimum absolute atomic E-state index is 0.0708. The number of allylic oxidation sites excluding steroid dienone is 1. The molecule has 2 aliphatic carbocycles. The molecule has 5 nitrogen and oxygen atoms in total. The number of nitrogens with zero attached hydrogens (tertiary/aromatic N) is 1. The average Bonchev–Trinajstić information content (AvgIpc) is 3.50. The fourth-order valence-electron chi connectivity index (χ4n) is 4.14. The summed E-state index contributed by atoms with van der Waals surface area (Å²) in [5.41, 5.74) is 2.51. The van der Waals surface area contributed by atoms with Gasteiger partial charge in [0.25, 0.3) is 5.91 Å². The highest BCUT2D eigenvalue weighted by molar-refractivity contribution is 7.89. The van der Waals surface area contributed by atoms with Crippen molar-refractivity contribution in [2.45, 2.75) is 50.3 Å². The lowest BCUT2D eigenvalue weighted by Crippen LogP contribution is -2.40. The van der Waals surface area contributed by atoms with Crippen LogP contribution in [0.15, 0.2) is 34.7 Å². The van der Waals surface area contributed by atoms with Crippen LogP contribution in [0.25, 0.3) is 0 Å². The Balaban J connectivity index is 1.53. The number of aryl methyl sites for hydroxylation is 1. The van der Waals surface area contributed by atoms with Crippen molar-refractivity contribution in [1.82, 2.24) is 9.62 Å². The van der Waals surface area contributed by atoms with E-state index in [1.807, 2.05) is 4.90 Å². The number of rotatable bonds is 5. The van der Waals surface area contributed by atoms with E-state index in [1.165, 1.54) is 18.4 Å². The third-order valence-corrected chi connectivity index (χ3v) is 7.64. The first-order chi connectivity index (χ1) is 12.9. The van der Waals surface area contributed by atoms with Gasteiger partial charge in [-0.25, -0.2) is 13.1 Å². The Kier molecular flexibility index (Phi) is 5.12. The predicted molar refractivity (Wildman–Crippen MR) is 105 cm³/mol. The van der Waals surface area contributed by atoms with Gasteiger partial charge in [-0.3, -0.25) is 4.79 Å². The summed E-state index contributed by atoms with van der Waals surface area (Å²) >= 11 is 0. The third kappa shape index (κ3) is 4.11. The average molecular weight is 389 g/mol. The molecule has 4 rings (SSSR count). The first-order valence-corrected chi connectivity index (χ1v) is 11.5. The first kappa shape index (κ1) is 18.7. The van der Waals surface area contributed by atoms with Gasteiger partial charge >= 0.3 is 0 Å². The van der Waals surface area contributed by atoms with E-state index in [0.717, 1.165) is 32.2 Å². The molecule has 3 aliphatic rings. The second-order valence-electron chi connectivity index (χ2n) is 8.20. The van der Waals surface area contributed by atoms with Crippen molar-refractivity contribution >= 4 is 15.9 Å². The van der Waals surface area contributed by atoms with Crippen LogP contribution in [0, 0.1) is 18.8 Å². The number of hydrogen-bond acceptors (Lipinski definition) is 3. The number of sulfonamides is 1. The van der Waals surface area contributed by atoms with E-state index in [0.29, 0.717) is 36.1 Å². The van der Waals surface area contributed by atoms with E-state index in [-0.39, 0.29) is 10.8 Å². The van der Waals surface area contributed by atoms with Gasteiger partial charge in [0.05, 0.1) is 4.90 Å².